The van der Waals surface area contributed by atoms with Crippen molar-refractivity contribution in [3.63, 3.8) is 0 Å². The van der Waals surface area contributed by atoms with Crippen molar-refractivity contribution in [3.05, 3.63) is 51.3 Å². The Morgan fingerprint density at radius 1 is 1.20 bits per heavy atom. The van der Waals surface area contributed by atoms with Crippen molar-refractivity contribution in [3.8, 4) is 5.69 Å². The van der Waals surface area contributed by atoms with Crippen LogP contribution in [0.2, 0.25) is 0 Å². The monoisotopic (exact) mass is 413 g/mol. The van der Waals surface area contributed by atoms with Crippen LogP contribution >= 0.6 is 43.5 Å². The van der Waals surface area contributed by atoms with Gasteiger partial charge in [0.25, 0.3) is 0 Å². The molecule has 0 N–H and O–H groups in total. The van der Waals surface area contributed by atoms with Crippen molar-refractivity contribution in [2.75, 3.05) is 5.88 Å². The van der Waals surface area contributed by atoms with E-state index in [0.717, 1.165) is 31.6 Å². The van der Waals surface area contributed by atoms with Crippen LogP contribution in [0.4, 0.5) is 0 Å². The summed E-state index contributed by atoms with van der Waals surface area (Å²) in [5.74, 6) is 1.43. The number of alkyl halides is 1. The number of imidazole rings is 1. The lowest BCUT2D eigenvalue weighted by atomic mass is 10.3. The standard InChI is InChI=1S/C14H10Br2ClN3/c15-9-3-4-10(16)12(8-9)20-13(5-6-17)19-11-2-1-7-18-14(11)20/h1-4,7-8H,5-6H2. The number of aromatic nitrogens is 3. The zero-order valence-corrected chi connectivity index (χ0v) is 14.3. The fourth-order valence-corrected chi connectivity index (χ4v) is 3.06. The minimum absolute atomic E-state index is 0.523. The maximum atomic E-state index is 5.90. The summed E-state index contributed by atoms with van der Waals surface area (Å²) < 4.78 is 4.04. The molecular weight excluding hydrogens is 405 g/mol. The van der Waals surface area contributed by atoms with Crippen molar-refractivity contribution in [2.45, 2.75) is 6.42 Å². The summed E-state index contributed by atoms with van der Waals surface area (Å²) in [7, 11) is 0. The fraction of sp³-hybridized carbons (Fsp3) is 0.143. The van der Waals surface area contributed by atoms with E-state index in [1.54, 1.807) is 6.20 Å². The SMILES string of the molecule is ClCCc1nc2cccnc2n1-c1cc(Br)ccc1Br. The van der Waals surface area contributed by atoms with Gasteiger partial charge in [-0.3, -0.25) is 4.57 Å². The molecular formula is C14H10Br2ClN3. The Hall–Kier alpha value is -0.910. The van der Waals surface area contributed by atoms with Crippen LogP contribution in [0.1, 0.15) is 5.82 Å². The van der Waals surface area contributed by atoms with E-state index in [9.17, 15) is 0 Å². The smallest absolute Gasteiger partial charge is 0.164 e. The van der Waals surface area contributed by atoms with E-state index in [4.69, 9.17) is 11.6 Å². The average molecular weight is 416 g/mol. The molecule has 0 amide bonds. The molecule has 20 heavy (non-hydrogen) atoms. The maximum Gasteiger partial charge on any atom is 0.164 e. The third-order valence-corrected chi connectivity index (χ3v) is 4.31. The van der Waals surface area contributed by atoms with Crippen LogP contribution in [-0.4, -0.2) is 20.4 Å². The summed E-state index contributed by atoms with van der Waals surface area (Å²) >= 11 is 13.0. The van der Waals surface area contributed by atoms with Crippen molar-refractivity contribution in [1.29, 1.82) is 0 Å². The van der Waals surface area contributed by atoms with Gasteiger partial charge in [0.1, 0.15) is 11.3 Å². The van der Waals surface area contributed by atoms with Crippen molar-refractivity contribution < 1.29 is 0 Å². The zero-order valence-electron chi connectivity index (χ0n) is 10.4. The number of halogens is 3. The molecule has 0 fully saturated rings. The highest BCUT2D eigenvalue weighted by Crippen LogP contribution is 2.29. The Bertz CT molecular complexity index is 770. The van der Waals surface area contributed by atoms with E-state index in [-0.39, 0.29) is 0 Å². The van der Waals surface area contributed by atoms with Gasteiger partial charge in [-0.05, 0) is 46.3 Å². The summed E-state index contributed by atoms with van der Waals surface area (Å²) in [6.45, 7) is 0. The fourth-order valence-electron chi connectivity index (χ4n) is 2.12. The lowest BCUT2D eigenvalue weighted by Crippen LogP contribution is -2.03. The van der Waals surface area contributed by atoms with Gasteiger partial charge in [0, 0.05) is 27.4 Å². The maximum absolute atomic E-state index is 5.90. The molecule has 0 unspecified atom stereocenters. The second kappa shape index (κ2) is 5.84. The highest BCUT2D eigenvalue weighted by Gasteiger charge is 2.15. The molecule has 3 aromatic rings. The number of rotatable bonds is 3. The van der Waals surface area contributed by atoms with Crippen LogP contribution in [0.25, 0.3) is 16.9 Å². The first kappa shape index (κ1) is 14.0. The van der Waals surface area contributed by atoms with Crippen LogP contribution < -0.4 is 0 Å². The molecule has 0 aliphatic heterocycles. The Balaban J connectivity index is 2.33. The predicted octanol–water partition coefficient (Wildman–Crippen LogP) is 4.73. The third-order valence-electron chi connectivity index (χ3n) is 2.95. The first-order valence-electron chi connectivity index (χ1n) is 6.04. The molecule has 1 aromatic carbocycles. The average Bonchev–Trinajstić information content (AvgIpc) is 2.80. The third kappa shape index (κ3) is 2.50. The molecule has 0 spiro atoms. The molecule has 0 bridgehead atoms. The highest BCUT2D eigenvalue weighted by molar-refractivity contribution is 9.11. The first-order valence-corrected chi connectivity index (χ1v) is 8.16. The van der Waals surface area contributed by atoms with E-state index >= 15 is 0 Å². The summed E-state index contributed by atoms with van der Waals surface area (Å²) in [5, 5.41) is 0. The van der Waals surface area contributed by atoms with Gasteiger partial charge in [0.15, 0.2) is 5.65 Å². The second-order valence-electron chi connectivity index (χ2n) is 4.24. The number of nitrogens with zero attached hydrogens (tertiary/aromatic N) is 3. The van der Waals surface area contributed by atoms with Crippen LogP contribution in [0, 0.1) is 0 Å². The molecule has 102 valence electrons. The Morgan fingerprint density at radius 2 is 2.05 bits per heavy atom. The van der Waals surface area contributed by atoms with Gasteiger partial charge in [-0.1, -0.05) is 15.9 Å². The lowest BCUT2D eigenvalue weighted by Gasteiger charge is -2.10. The molecule has 3 rings (SSSR count). The minimum atomic E-state index is 0.523. The summed E-state index contributed by atoms with van der Waals surface area (Å²) in [4.78, 5) is 9.08. The van der Waals surface area contributed by atoms with Gasteiger partial charge in [0.2, 0.25) is 0 Å². The largest absolute Gasteiger partial charge is 0.279 e. The Labute approximate surface area is 138 Å². The predicted molar refractivity (Wildman–Crippen MR) is 88.7 cm³/mol. The minimum Gasteiger partial charge on any atom is -0.279 e. The van der Waals surface area contributed by atoms with E-state index in [1.165, 1.54) is 0 Å². The molecule has 2 aromatic heterocycles. The van der Waals surface area contributed by atoms with E-state index in [1.807, 2.05) is 34.9 Å². The van der Waals surface area contributed by atoms with Crippen molar-refractivity contribution >= 4 is 54.6 Å². The Kier molecular flexibility index (Phi) is 4.10. The van der Waals surface area contributed by atoms with Gasteiger partial charge in [-0.2, -0.15) is 0 Å². The lowest BCUT2D eigenvalue weighted by molar-refractivity contribution is 0.902. The van der Waals surface area contributed by atoms with Gasteiger partial charge >= 0.3 is 0 Å². The number of hydrogen-bond acceptors (Lipinski definition) is 2. The molecule has 0 aliphatic rings. The number of pyridine rings is 1. The van der Waals surface area contributed by atoms with E-state index in [2.05, 4.69) is 41.8 Å². The molecule has 0 radical (unpaired) electrons. The number of hydrogen-bond donors (Lipinski definition) is 0. The summed E-state index contributed by atoms with van der Waals surface area (Å²) in [5.41, 5.74) is 2.71. The van der Waals surface area contributed by atoms with Crippen LogP contribution in [-0.2, 0) is 6.42 Å². The quantitative estimate of drug-likeness (QED) is 0.579. The molecule has 2 heterocycles. The normalized spacial score (nSPS) is 11.2. The van der Waals surface area contributed by atoms with Crippen LogP contribution in [0.3, 0.4) is 0 Å². The van der Waals surface area contributed by atoms with E-state index < -0.39 is 0 Å². The molecule has 0 aliphatic carbocycles. The van der Waals surface area contributed by atoms with Gasteiger partial charge in [-0.25, -0.2) is 9.97 Å². The van der Waals surface area contributed by atoms with E-state index in [0.29, 0.717) is 12.3 Å². The van der Waals surface area contributed by atoms with Crippen molar-refractivity contribution in [1.82, 2.24) is 14.5 Å². The first-order chi connectivity index (χ1) is 9.70. The summed E-state index contributed by atoms with van der Waals surface area (Å²) in [6.07, 6.45) is 2.47. The number of fused-ring (bicyclic) bond motifs is 1. The van der Waals surface area contributed by atoms with Crippen LogP contribution in [0.15, 0.2) is 45.5 Å². The van der Waals surface area contributed by atoms with Crippen LogP contribution in [0.5, 0.6) is 0 Å². The van der Waals surface area contributed by atoms with Gasteiger partial charge < -0.3 is 0 Å². The zero-order chi connectivity index (χ0) is 14.1. The molecule has 0 saturated carbocycles. The topological polar surface area (TPSA) is 30.7 Å². The highest BCUT2D eigenvalue weighted by atomic mass is 79.9. The molecule has 3 nitrogen and oxygen atoms in total. The Morgan fingerprint density at radius 3 is 2.85 bits per heavy atom. The second-order valence-corrected chi connectivity index (χ2v) is 6.39. The van der Waals surface area contributed by atoms with Crippen molar-refractivity contribution in [2.24, 2.45) is 0 Å². The number of benzene rings is 1. The summed E-state index contributed by atoms with van der Waals surface area (Å²) in [6, 6.07) is 9.88. The molecule has 0 atom stereocenters. The van der Waals surface area contributed by atoms with Gasteiger partial charge in [0.05, 0.1) is 5.69 Å². The van der Waals surface area contributed by atoms with Gasteiger partial charge in [-0.15, -0.1) is 11.6 Å². The number of aryl methyl sites for hydroxylation is 1. The molecule has 6 heteroatoms. The molecule has 0 saturated heterocycles.